The van der Waals surface area contributed by atoms with Crippen molar-refractivity contribution in [2.24, 2.45) is 5.92 Å². The molecule has 106 valence electrons. The molecule has 2 N–H and O–H groups in total. The Labute approximate surface area is 117 Å². The van der Waals surface area contributed by atoms with Crippen molar-refractivity contribution < 1.29 is 0 Å². The van der Waals surface area contributed by atoms with Crippen molar-refractivity contribution in [3.63, 3.8) is 0 Å². The fourth-order valence-corrected chi connectivity index (χ4v) is 2.99. The standard InChI is InChI=1S/C16H27N3/c1-13-6-7-15(17)16(11-13)19(3)10-8-14-5-4-9-18(2)12-14/h6-7,11,14H,4-5,8-10,12,17H2,1-3H3. The van der Waals surface area contributed by atoms with Crippen LogP contribution in [0.1, 0.15) is 24.8 Å². The Hall–Kier alpha value is -1.22. The van der Waals surface area contributed by atoms with Crippen molar-refractivity contribution in [3.8, 4) is 0 Å². The first kappa shape index (κ1) is 14.2. The van der Waals surface area contributed by atoms with E-state index in [1.54, 1.807) is 0 Å². The predicted octanol–water partition coefficient (Wildman–Crippen LogP) is 2.75. The summed E-state index contributed by atoms with van der Waals surface area (Å²) < 4.78 is 0. The van der Waals surface area contributed by atoms with E-state index in [4.69, 9.17) is 5.73 Å². The minimum atomic E-state index is 0.840. The van der Waals surface area contributed by atoms with E-state index in [0.717, 1.165) is 18.2 Å². The van der Waals surface area contributed by atoms with Crippen LogP contribution in [0.4, 0.5) is 11.4 Å². The quantitative estimate of drug-likeness (QED) is 0.846. The van der Waals surface area contributed by atoms with Crippen molar-refractivity contribution in [1.29, 1.82) is 0 Å². The average Bonchev–Trinajstić information content (AvgIpc) is 2.39. The molecule has 1 saturated heterocycles. The number of hydrogen-bond acceptors (Lipinski definition) is 3. The number of nitrogens with zero attached hydrogens (tertiary/aromatic N) is 2. The van der Waals surface area contributed by atoms with Crippen molar-refractivity contribution in [1.82, 2.24) is 4.90 Å². The highest BCUT2D eigenvalue weighted by molar-refractivity contribution is 5.68. The molecule has 1 heterocycles. The monoisotopic (exact) mass is 261 g/mol. The summed E-state index contributed by atoms with van der Waals surface area (Å²) in [5, 5.41) is 0. The zero-order valence-corrected chi connectivity index (χ0v) is 12.5. The molecule has 1 aliphatic rings. The number of piperidine rings is 1. The first-order valence-corrected chi connectivity index (χ1v) is 7.32. The summed E-state index contributed by atoms with van der Waals surface area (Å²) >= 11 is 0. The second-order valence-electron chi connectivity index (χ2n) is 6.04. The van der Waals surface area contributed by atoms with Crippen LogP contribution in [-0.4, -0.2) is 38.6 Å². The zero-order chi connectivity index (χ0) is 13.8. The lowest BCUT2D eigenvalue weighted by atomic mass is 9.95. The number of rotatable bonds is 4. The average molecular weight is 261 g/mol. The third-order valence-electron chi connectivity index (χ3n) is 4.19. The van der Waals surface area contributed by atoms with Gasteiger partial charge in [-0.3, -0.25) is 0 Å². The van der Waals surface area contributed by atoms with Crippen molar-refractivity contribution >= 4 is 11.4 Å². The summed E-state index contributed by atoms with van der Waals surface area (Å²) in [4.78, 5) is 4.76. The van der Waals surface area contributed by atoms with Crippen LogP contribution in [0, 0.1) is 12.8 Å². The fourth-order valence-electron chi connectivity index (χ4n) is 2.99. The Morgan fingerprint density at radius 1 is 1.42 bits per heavy atom. The van der Waals surface area contributed by atoms with Crippen LogP contribution in [0.2, 0.25) is 0 Å². The van der Waals surface area contributed by atoms with Gasteiger partial charge in [-0.15, -0.1) is 0 Å². The first-order valence-electron chi connectivity index (χ1n) is 7.32. The minimum absolute atomic E-state index is 0.840. The van der Waals surface area contributed by atoms with E-state index >= 15 is 0 Å². The third kappa shape index (κ3) is 3.87. The molecular formula is C16H27N3. The Morgan fingerprint density at radius 2 is 2.21 bits per heavy atom. The summed E-state index contributed by atoms with van der Waals surface area (Å²) in [5.74, 6) is 0.840. The summed E-state index contributed by atoms with van der Waals surface area (Å²) in [6.07, 6.45) is 3.98. The summed E-state index contributed by atoms with van der Waals surface area (Å²) in [6, 6.07) is 6.26. The third-order valence-corrected chi connectivity index (χ3v) is 4.19. The van der Waals surface area contributed by atoms with Crippen LogP contribution in [0.5, 0.6) is 0 Å². The Morgan fingerprint density at radius 3 is 2.95 bits per heavy atom. The molecule has 0 radical (unpaired) electrons. The molecule has 1 aromatic rings. The van der Waals surface area contributed by atoms with Gasteiger partial charge in [-0.25, -0.2) is 0 Å². The van der Waals surface area contributed by atoms with E-state index in [1.807, 2.05) is 6.07 Å². The van der Waals surface area contributed by atoms with Gasteiger partial charge < -0.3 is 15.5 Å². The molecule has 0 saturated carbocycles. The normalized spacial score (nSPS) is 20.5. The maximum Gasteiger partial charge on any atom is 0.0599 e. The molecule has 3 heteroatoms. The van der Waals surface area contributed by atoms with Crippen molar-refractivity contribution in [3.05, 3.63) is 23.8 Å². The number of aryl methyl sites for hydroxylation is 1. The number of likely N-dealkylation sites (tertiary alicyclic amines) is 1. The Balaban J connectivity index is 1.90. The zero-order valence-electron chi connectivity index (χ0n) is 12.5. The molecule has 3 nitrogen and oxygen atoms in total. The van der Waals surface area contributed by atoms with Gasteiger partial charge in [0.2, 0.25) is 0 Å². The van der Waals surface area contributed by atoms with Gasteiger partial charge in [-0.2, -0.15) is 0 Å². The maximum atomic E-state index is 6.07. The molecule has 0 aromatic heterocycles. The second-order valence-corrected chi connectivity index (χ2v) is 6.04. The van der Waals surface area contributed by atoms with Crippen LogP contribution in [0.3, 0.4) is 0 Å². The molecule has 2 rings (SSSR count). The van der Waals surface area contributed by atoms with Crippen LogP contribution in [-0.2, 0) is 0 Å². The van der Waals surface area contributed by atoms with E-state index in [9.17, 15) is 0 Å². The number of nitrogen functional groups attached to an aromatic ring is 1. The van der Waals surface area contributed by atoms with Crippen molar-refractivity contribution in [2.45, 2.75) is 26.2 Å². The molecular weight excluding hydrogens is 234 g/mol. The lowest BCUT2D eigenvalue weighted by Gasteiger charge is -2.31. The number of nitrogens with two attached hydrogens (primary N) is 1. The summed E-state index contributed by atoms with van der Waals surface area (Å²) in [6.45, 7) is 5.72. The number of hydrogen-bond donors (Lipinski definition) is 1. The Kier molecular flexibility index (Phi) is 4.70. The molecule has 1 fully saturated rings. The minimum Gasteiger partial charge on any atom is -0.397 e. The van der Waals surface area contributed by atoms with Gasteiger partial charge in [0.15, 0.2) is 0 Å². The molecule has 1 unspecified atom stereocenters. The molecule has 0 spiro atoms. The van der Waals surface area contributed by atoms with Gasteiger partial charge in [0.1, 0.15) is 0 Å². The van der Waals surface area contributed by atoms with Gasteiger partial charge in [0.05, 0.1) is 11.4 Å². The van der Waals surface area contributed by atoms with Gasteiger partial charge in [0.25, 0.3) is 0 Å². The molecule has 0 amide bonds. The van der Waals surface area contributed by atoms with Gasteiger partial charge in [-0.1, -0.05) is 6.07 Å². The van der Waals surface area contributed by atoms with Crippen LogP contribution >= 0.6 is 0 Å². The first-order chi connectivity index (χ1) is 9.06. The SMILES string of the molecule is Cc1ccc(N)c(N(C)CCC2CCCN(C)C2)c1. The highest BCUT2D eigenvalue weighted by Gasteiger charge is 2.17. The number of anilines is 2. The molecule has 1 atom stereocenters. The summed E-state index contributed by atoms with van der Waals surface area (Å²) in [5.41, 5.74) is 9.40. The van der Waals surface area contributed by atoms with Gasteiger partial charge in [-0.05, 0) is 63.4 Å². The highest BCUT2D eigenvalue weighted by Crippen LogP contribution is 2.25. The van der Waals surface area contributed by atoms with Crippen LogP contribution < -0.4 is 10.6 Å². The van der Waals surface area contributed by atoms with Crippen molar-refractivity contribution in [2.75, 3.05) is 44.4 Å². The fraction of sp³-hybridized carbons (Fsp3) is 0.625. The molecule has 19 heavy (non-hydrogen) atoms. The second kappa shape index (κ2) is 6.29. The van der Waals surface area contributed by atoms with E-state index in [1.165, 1.54) is 43.6 Å². The Bertz CT molecular complexity index is 416. The molecule has 0 aliphatic carbocycles. The van der Waals surface area contributed by atoms with Crippen LogP contribution in [0.25, 0.3) is 0 Å². The van der Waals surface area contributed by atoms with E-state index in [-0.39, 0.29) is 0 Å². The van der Waals surface area contributed by atoms with E-state index < -0.39 is 0 Å². The summed E-state index contributed by atoms with van der Waals surface area (Å²) in [7, 11) is 4.38. The highest BCUT2D eigenvalue weighted by atomic mass is 15.1. The van der Waals surface area contributed by atoms with E-state index in [2.05, 4.69) is 43.0 Å². The molecule has 0 bridgehead atoms. The van der Waals surface area contributed by atoms with Gasteiger partial charge in [0, 0.05) is 20.1 Å². The topological polar surface area (TPSA) is 32.5 Å². The van der Waals surface area contributed by atoms with E-state index in [0.29, 0.717) is 0 Å². The molecule has 1 aliphatic heterocycles. The lowest BCUT2D eigenvalue weighted by molar-refractivity contribution is 0.203. The molecule has 1 aromatic carbocycles. The van der Waals surface area contributed by atoms with Crippen LogP contribution in [0.15, 0.2) is 18.2 Å². The van der Waals surface area contributed by atoms with Gasteiger partial charge >= 0.3 is 0 Å². The smallest absolute Gasteiger partial charge is 0.0599 e. The maximum absolute atomic E-state index is 6.07. The predicted molar refractivity (Wildman–Crippen MR) is 83.7 cm³/mol. The number of benzene rings is 1. The lowest BCUT2D eigenvalue weighted by Crippen LogP contribution is -2.34. The largest absolute Gasteiger partial charge is 0.397 e.